The first-order chi connectivity index (χ1) is 8.52. The molecule has 0 aliphatic carbocycles. The fourth-order valence-corrected chi connectivity index (χ4v) is 2.16. The minimum absolute atomic E-state index is 0.170. The fraction of sp³-hybridized carbons (Fsp3) is 0.333. The summed E-state index contributed by atoms with van der Waals surface area (Å²) in [5.41, 5.74) is 0.732. The molecule has 0 radical (unpaired) electrons. The lowest BCUT2D eigenvalue weighted by Gasteiger charge is -2.14. The van der Waals surface area contributed by atoms with Crippen molar-refractivity contribution in [3.05, 3.63) is 22.7 Å². The van der Waals surface area contributed by atoms with E-state index in [1.165, 1.54) is 7.05 Å². The van der Waals surface area contributed by atoms with Crippen molar-refractivity contribution in [2.75, 3.05) is 19.5 Å². The van der Waals surface area contributed by atoms with Gasteiger partial charge in [0.25, 0.3) is 5.91 Å². The Labute approximate surface area is 113 Å². The number of ether oxygens (including phenoxy) is 1. The predicted molar refractivity (Wildman–Crippen MR) is 70.5 cm³/mol. The molecule has 96 valence electrons. The summed E-state index contributed by atoms with van der Waals surface area (Å²) >= 11 is 3.39. The second-order valence-electron chi connectivity index (χ2n) is 4.04. The number of hydrogen-bond acceptors (Lipinski definition) is 4. The summed E-state index contributed by atoms with van der Waals surface area (Å²) in [6.07, 6.45) is 0.180. The molecule has 1 aliphatic heterocycles. The Morgan fingerprint density at radius 1 is 1.44 bits per heavy atom. The average Bonchev–Trinajstić information content (AvgIpc) is 2.60. The van der Waals surface area contributed by atoms with Crippen molar-refractivity contribution in [2.24, 2.45) is 0 Å². The second kappa shape index (κ2) is 4.97. The largest absolute Gasteiger partial charge is 0.497 e. The van der Waals surface area contributed by atoms with Crippen molar-refractivity contribution >= 4 is 33.4 Å². The van der Waals surface area contributed by atoms with Gasteiger partial charge in [-0.05, 0) is 28.1 Å². The SMILES string of the molecule is COc1ccc(Br)c(NC2CC(=O)N(C)C2=O)c1. The van der Waals surface area contributed by atoms with E-state index in [4.69, 9.17) is 4.74 Å². The Kier molecular flexibility index (Phi) is 3.56. The fourth-order valence-electron chi connectivity index (χ4n) is 1.80. The van der Waals surface area contributed by atoms with Gasteiger partial charge in [-0.1, -0.05) is 0 Å². The smallest absolute Gasteiger partial charge is 0.251 e. The van der Waals surface area contributed by atoms with Crippen LogP contribution < -0.4 is 10.1 Å². The number of likely N-dealkylation sites (tertiary alicyclic amines) is 1. The van der Waals surface area contributed by atoms with Crippen LogP contribution in [0, 0.1) is 0 Å². The van der Waals surface area contributed by atoms with E-state index in [-0.39, 0.29) is 18.2 Å². The molecule has 18 heavy (non-hydrogen) atoms. The van der Waals surface area contributed by atoms with Crippen LogP contribution in [-0.4, -0.2) is 36.9 Å². The summed E-state index contributed by atoms with van der Waals surface area (Å²) in [5, 5.41) is 3.06. The number of anilines is 1. The van der Waals surface area contributed by atoms with E-state index in [2.05, 4.69) is 21.2 Å². The molecule has 6 heteroatoms. The maximum absolute atomic E-state index is 11.8. The molecule has 1 aromatic rings. The summed E-state index contributed by atoms with van der Waals surface area (Å²) < 4.78 is 5.94. The van der Waals surface area contributed by atoms with Crippen LogP contribution in [0.15, 0.2) is 22.7 Å². The number of halogens is 1. The zero-order chi connectivity index (χ0) is 13.3. The summed E-state index contributed by atoms with van der Waals surface area (Å²) in [6.45, 7) is 0. The molecule has 2 rings (SSSR count). The summed E-state index contributed by atoms with van der Waals surface area (Å²) in [4.78, 5) is 24.3. The number of nitrogens with zero attached hydrogens (tertiary/aromatic N) is 1. The van der Waals surface area contributed by atoms with E-state index >= 15 is 0 Å². The van der Waals surface area contributed by atoms with E-state index in [0.717, 1.165) is 15.1 Å². The highest BCUT2D eigenvalue weighted by Crippen LogP contribution is 2.29. The summed E-state index contributed by atoms with van der Waals surface area (Å²) in [6, 6.07) is 4.90. The lowest BCUT2D eigenvalue weighted by atomic mass is 10.2. The van der Waals surface area contributed by atoms with Gasteiger partial charge in [0.2, 0.25) is 5.91 Å². The molecule has 1 N–H and O–H groups in total. The van der Waals surface area contributed by atoms with Gasteiger partial charge in [0, 0.05) is 17.6 Å². The molecular weight excluding hydrogens is 300 g/mol. The first-order valence-electron chi connectivity index (χ1n) is 5.43. The minimum Gasteiger partial charge on any atom is -0.497 e. The first-order valence-corrected chi connectivity index (χ1v) is 6.22. The molecule has 1 atom stereocenters. The number of hydrogen-bond donors (Lipinski definition) is 1. The van der Waals surface area contributed by atoms with Crippen molar-refractivity contribution in [1.82, 2.24) is 4.90 Å². The predicted octanol–water partition coefficient (Wildman–Crippen LogP) is 1.63. The van der Waals surface area contributed by atoms with Crippen LogP contribution >= 0.6 is 15.9 Å². The van der Waals surface area contributed by atoms with Gasteiger partial charge in [0.05, 0.1) is 19.2 Å². The van der Waals surface area contributed by atoms with Crippen LogP contribution in [0.25, 0.3) is 0 Å². The van der Waals surface area contributed by atoms with Gasteiger partial charge >= 0.3 is 0 Å². The molecule has 0 aromatic heterocycles. The van der Waals surface area contributed by atoms with E-state index in [0.29, 0.717) is 5.75 Å². The number of benzene rings is 1. The van der Waals surface area contributed by atoms with Crippen molar-refractivity contribution < 1.29 is 14.3 Å². The molecule has 0 saturated carbocycles. The highest BCUT2D eigenvalue weighted by Gasteiger charge is 2.36. The van der Waals surface area contributed by atoms with Crippen LogP contribution in [0.5, 0.6) is 5.75 Å². The zero-order valence-electron chi connectivity index (χ0n) is 10.1. The molecule has 0 bridgehead atoms. The number of carbonyl (C=O) groups is 2. The Hall–Kier alpha value is -1.56. The van der Waals surface area contributed by atoms with E-state index < -0.39 is 6.04 Å². The van der Waals surface area contributed by atoms with Crippen LogP contribution in [0.4, 0.5) is 5.69 Å². The number of nitrogens with one attached hydrogen (secondary N) is 1. The van der Waals surface area contributed by atoms with Crippen LogP contribution in [0.3, 0.4) is 0 Å². The molecule has 1 fully saturated rings. The molecule has 1 aliphatic rings. The van der Waals surface area contributed by atoms with E-state index in [1.54, 1.807) is 13.2 Å². The minimum atomic E-state index is -0.508. The quantitative estimate of drug-likeness (QED) is 0.862. The maximum atomic E-state index is 11.8. The van der Waals surface area contributed by atoms with Gasteiger partial charge in [-0.25, -0.2) is 0 Å². The normalized spacial score (nSPS) is 19.3. The Balaban J connectivity index is 2.19. The number of methoxy groups -OCH3 is 1. The van der Waals surface area contributed by atoms with Crippen LogP contribution in [0.1, 0.15) is 6.42 Å². The van der Waals surface area contributed by atoms with E-state index in [9.17, 15) is 9.59 Å². The number of likely N-dealkylation sites (N-methyl/N-ethyl adjacent to an activating group) is 1. The van der Waals surface area contributed by atoms with Crippen molar-refractivity contribution in [3.8, 4) is 5.75 Å². The first kappa shape index (κ1) is 12.9. The average molecular weight is 313 g/mol. The third-order valence-electron chi connectivity index (χ3n) is 2.88. The number of amides is 2. The van der Waals surface area contributed by atoms with Gasteiger partial charge in [0.15, 0.2) is 0 Å². The second-order valence-corrected chi connectivity index (χ2v) is 4.89. The zero-order valence-corrected chi connectivity index (χ0v) is 11.7. The molecule has 1 saturated heterocycles. The highest BCUT2D eigenvalue weighted by atomic mass is 79.9. The van der Waals surface area contributed by atoms with Crippen molar-refractivity contribution in [1.29, 1.82) is 0 Å². The Morgan fingerprint density at radius 3 is 2.72 bits per heavy atom. The number of imide groups is 1. The third kappa shape index (κ3) is 2.33. The van der Waals surface area contributed by atoms with Crippen LogP contribution in [-0.2, 0) is 9.59 Å². The van der Waals surface area contributed by atoms with Gasteiger partial charge in [-0.3, -0.25) is 14.5 Å². The van der Waals surface area contributed by atoms with Gasteiger partial charge in [0.1, 0.15) is 11.8 Å². The Morgan fingerprint density at radius 2 is 2.17 bits per heavy atom. The molecule has 2 amide bonds. The van der Waals surface area contributed by atoms with Gasteiger partial charge < -0.3 is 10.1 Å². The van der Waals surface area contributed by atoms with Crippen molar-refractivity contribution in [3.63, 3.8) is 0 Å². The van der Waals surface area contributed by atoms with Crippen LogP contribution in [0.2, 0.25) is 0 Å². The highest BCUT2D eigenvalue weighted by molar-refractivity contribution is 9.10. The number of rotatable bonds is 3. The maximum Gasteiger partial charge on any atom is 0.251 e. The monoisotopic (exact) mass is 312 g/mol. The summed E-state index contributed by atoms with van der Waals surface area (Å²) in [5.74, 6) is 0.303. The lowest BCUT2D eigenvalue weighted by Crippen LogP contribution is -2.31. The van der Waals surface area contributed by atoms with Gasteiger partial charge in [-0.2, -0.15) is 0 Å². The summed E-state index contributed by atoms with van der Waals surface area (Å²) in [7, 11) is 3.07. The molecule has 0 spiro atoms. The molecule has 1 unspecified atom stereocenters. The third-order valence-corrected chi connectivity index (χ3v) is 3.58. The van der Waals surface area contributed by atoms with Gasteiger partial charge in [-0.15, -0.1) is 0 Å². The van der Waals surface area contributed by atoms with Crippen molar-refractivity contribution in [2.45, 2.75) is 12.5 Å². The molecule has 5 nitrogen and oxygen atoms in total. The molecule has 1 aromatic carbocycles. The molecular formula is C12H13BrN2O3. The number of carbonyl (C=O) groups excluding carboxylic acids is 2. The Bertz CT molecular complexity index is 504. The lowest BCUT2D eigenvalue weighted by molar-refractivity contribution is -0.136. The topological polar surface area (TPSA) is 58.6 Å². The standard InChI is InChI=1S/C12H13BrN2O3/c1-15-11(16)6-10(12(15)17)14-9-5-7(18-2)3-4-8(9)13/h3-5,10,14H,6H2,1-2H3. The molecule has 1 heterocycles. The van der Waals surface area contributed by atoms with E-state index in [1.807, 2.05) is 12.1 Å².